The maximum atomic E-state index is 13.1. The highest BCUT2D eigenvalue weighted by Gasteiger charge is 2.41. The number of cyclic esters (lactones) is 1. The van der Waals surface area contributed by atoms with Gasteiger partial charge in [-0.05, 0) is 17.5 Å². The van der Waals surface area contributed by atoms with Crippen molar-refractivity contribution < 1.29 is 24.2 Å². The minimum Gasteiger partial charge on any atom is -0.481 e. The summed E-state index contributed by atoms with van der Waals surface area (Å²) in [6.45, 7) is 0.105. The number of nitrogens with zero attached hydrogens (tertiary/aromatic N) is 1. The highest BCUT2D eigenvalue weighted by Crippen LogP contribution is 2.27. The number of amides is 2. The van der Waals surface area contributed by atoms with Crippen molar-refractivity contribution in [2.24, 2.45) is 0 Å². The number of imide groups is 1. The summed E-state index contributed by atoms with van der Waals surface area (Å²) in [5.74, 6) is -2.57. The summed E-state index contributed by atoms with van der Waals surface area (Å²) in [5.41, 5.74) is 1.54. The molecule has 1 unspecified atom stereocenters. The Bertz CT molecular complexity index is 790. The first kappa shape index (κ1) is 17.7. The Balaban J connectivity index is 1.86. The van der Waals surface area contributed by atoms with Crippen molar-refractivity contribution in [2.45, 2.75) is 24.8 Å². The van der Waals surface area contributed by atoms with E-state index < -0.39 is 29.9 Å². The van der Waals surface area contributed by atoms with Gasteiger partial charge in [0.25, 0.3) is 0 Å². The Labute approximate surface area is 151 Å². The average Bonchev–Trinajstić information content (AvgIpc) is 3.01. The zero-order chi connectivity index (χ0) is 18.5. The van der Waals surface area contributed by atoms with E-state index in [2.05, 4.69) is 0 Å². The summed E-state index contributed by atoms with van der Waals surface area (Å²) < 4.78 is 5.08. The van der Waals surface area contributed by atoms with Gasteiger partial charge in [0.2, 0.25) is 5.91 Å². The fourth-order valence-electron chi connectivity index (χ4n) is 3.14. The van der Waals surface area contributed by atoms with Gasteiger partial charge in [0, 0.05) is 0 Å². The van der Waals surface area contributed by atoms with Gasteiger partial charge in [-0.15, -0.1) is 0 Å². The fourth-order valence-corrected chi connectivity index (χ4v) is 3.14. The number of carbonyl (C=O) groups is 3. The summed E-state index contributed by atoms with van der Waals surface area (Å²) in [7, 11) is 0. The van der Waals surface area contributed by atoms with Crippen molar-refractivity contribution in [2.75, 3.05) is 6.61 Å². The molecule has 1 N–H and O–H groups in total. The lowest BCUT2D eigenvalue weighted by molar-refractivity contribution is -0.141. The van der Waals surface area contributed by atoms with Crippen LogP contribution in [-0.2, 0) is 20.7 Å². The van der Waals surface area contributed by atoms with Gasteiger partial charge >= 0.3 is 12.1 Å². The molecule has 0 bridgehead atoms. The Morgan fingerprint density at radius 1 is 1.08 bits per heavy atom. The molecule has 0 saturated carbocycles. The van der Waals surface area contributed by atoms with Gasteiger partial charge in [0.1, 0.15) is 6.61 Å². The van der Waals surface area contributed by atoms with E-state index in [0.29, 0.717) is 12.0 Å². The smallest absolute Gasteiger partial charge is 0.417 e. The molecule has 1 aliphatic heterocycles. The summed E-state index contributed by atoms with van der Waals surface area (Å²) in [4.78, 5) is 37.6. The lowest BCUT2D eigenvalue weighted by Crippen LogP contribution is -2.43. The lowest BCUT2D eigenvalue weighted by atomic mass is 9.93. The number of hydrogen-bond donors (Lipinski definition) is 1. The van der Waals surface area contributed by atoms with Gasteiger partial charge in [-0.3, -0.25) is 9.59 Å². The second kappa shape index (κ2) is 7.82. The highest BCUT2D eigenvalue weighted by atomic mass is 16.6. The molecular weight excluding hydrogens is 334 g/mol. The molecule has 3 rings (SSSR count). The van der Waals surface area contributed by atoms with Crippen LogP contribution in [0.25, 0.3) is 0 Å². The first-order valence-corrected chi connectivity index (χ1v) is 8.36. The van der Waals surface area contributed by atoms with Crippen LogP contribution < -0.4 is 0 Å². The SMILES string of the molecule is O=C(O)CC(C(=O)N1C(=O)OC[C@@H]1Cc1ccccc1)c1ccccc1. The molecule has 1 fully saturated rings. The first-order chi connectivity index (χ1) is 12.6. The molecule has 26 heavy (non-hydrogen) atoms. The normalized spacial score (nSPS) is 17.6. The van der Waals surface area contributed by atoms with Crippen LogP contribution in [0.5, 0.6) is 0 Å². The van der Waals surface area contributed by atoms with Crippen molar-refractivity contribution in [3.8, 4) is 0 Å². The second-order valence-electron chi connectivity index (χ2n) is 6.19. The molecule has 0 aliphatic carbocycles. The van der Waals surface area contributed by atoms with E-state index in [4.69, 9.17) is 4.74 Å². The van der Waals surface area contributed by atoms with Crippen molar-refractivity contribution in [3.63, 3.8) is 0 Å². The molecule has 6 heteroatoms. The minimum atomic E-state index is -1.10. The molecular formula is C20H19NO5. The maximum Gasteiger partial charge on any atom is 0.417 e. The predicted molar refractivity (Wildman–Crippen MR) is 93.6 cm³/mol. The molecule has 1 saturated heterocycles. The number of carboxylic acids is 1. The van der Waals surface area contributed by atoms with E-state index in [0.717, 1.165) is 10.5 Å². The van der Waals surface area contributed by atoms with Crippen molar-refractivity contribution in [3.05, 3.63) is 71.8 Å². The number of benzene rings is 2. The van der Waals surface area contributed by atoms with Gasteiger partial charge in [-0.25, -0.2) is 9.69 Å². The molecule has 0 radical (unpaired) electrons. The third-order valence-corrected chi connectivity index (χ3v) is 4.39. The van der Waals surface area contributed by atoms with Gasteiger partial charge < -0.3 is 9.84 Å². The van der Waals surface area contributed by atoms with Crippen LogP contribution in [0.15, 0.2) is 60.7 Å². The number of aliphatic carboxylic acids is 1. The van der Waals surface area contributed by atoms with E-state index in [-0.39, 0.29) is 13.0 Å². The van der Waals surface area contributed by atoms with Crippen LogP contribution in [0.3, 0.4) is 0 Å². The van der Waals surface area contributed by atoms with E-state index in [1.807, 2.05) is 30.3 Å². The summed E-state index contributed by atoms with van der Waals surface area (Å²) in [5, 5.41) is 9.22. The third kappa shape index (κ3) is 3.91. The van der Waals surface area contributed by atoms with Gasteiger partial charge in [0.15, 0.2) is 0 Å². The zero-order valence-electron chi connectivity index (χ0n) is 14.1. The number of rotatable bonds is 6. The summed E-state index contributed by atoms with van der Waals surface area (Å²) in [6.07, 6.45) is -0.639. The fraction of sp³-hybridized carbons (Fsp3) is 0.250. The molecule has 2 amide bonds. The van der Waals surface area contributed by atoms with Crippen LogP contribution in [0, 0.1) is 0 Å². The monoisotopic (exact) mass is 353 g/mol. The molecule has 0 spiro atoms. The second-order valence-corrected chi connectivity index (χ2v) is 6.19. The van der Waals surface area contributed by atoms with E-state index >= 15 is 0 Å². The Kier molecular flexibility index (Phi) is 5.31. The lowest BCUT2D eigenvalue weighted by Gasteiger charge is -2.24. The summed E-state index contributed by atoms with van der Waals surface area (Å²) in [6, 6.07) is 17.7. The van der Waals surface area contributed by atoms with Crippen LogP contribution >= 0.6 is 0 Å². The third-order valence-electron chi connectivity index (χ3n) is 4.39. The Morgan fingerprint density at radius 2 is 1.69 bits per heavy atom. The number of carboxylic acid groups (broad SMARTS) is 1. The van der Waals surface area contributed by atoms with Crippen molar-refractivity contribution in [1.82, 2.24) is 4.90 Å². The summed E-state index contributed by atoms with van der Waals surface area (Å²) >= 11 is 0. The van der Waals surface area contributed by atoms with Crippen LogP contribution in [0.2, 0.25) is 0 Å². The molecule has 0 aromatic heterocycles. The molecule has 6 nitrogen and oxygen atoms in total. The van der Waals surface area contributed by atoms with Crippen molar-refractivity contribution in [1.29, 1.82) is 0 Å². The molecule has 2 atom stereocenters. The average molecular weight is 353 g/mol. The quantitative estimate of drug-likeness (QED) is 0.863. The molecule has 2 aromatic rings. The first-order valence-electron chi connectivity index (χ1n) is 8.36. The number of carbonyl (C=O) groups excluding carboxylic acids is 2. The van der Waals surface area contributed by atoms with Crippen LogP contribution in [-0.4, -0.2) is 40.6 Å². The van der Waals surface area contributed by atoms with Gasteiger partial charge in [-0.1, -0.05) is 60.7 Å². The Hall–Kier alpha value is -3.15. The van der Waals surface area contributed by atoms with E-state index in [9.17, 15) is 19.5 Å². The maximum absolute atomic E-state index is 13.1. The zero-order valence-corrected chi connectivity index (χ0v) is 14.1. The molecule has 1 heterocycles. The van der Waals surface area contributed by atoms with E-state index in [1.165, 1.54) is 0 Å². The standard InChI is InChI=1S/C20H19NO5/c22-18(23)12-17(15-9-5-2-6-10-15)19(24)21-16(13-26-20(21)25)11-14-7-3-1-4-8-14/h1-10,16-17H,11-13H2,(H,22,23)/t16-,17?/m0/s1. The minimum absolute atomic E-state index is 0.105. The number of ether oxygens (including phenoxy) is 1. The molecule has 2 aromatic carbocycles. The molecule has 134 valence electrons. The van der Waals surface area contributed by atoms with Crippen molar-refractivity contribution >= 4 is 18.0 Å². The van der Waals surface area contributed by atoms with Crippen LogP contribution in [0.1, 0.15) is 23.5 Å². The molecule has 1 aliphatic rings. The number of hydrogen-bond acceptors (Lipinski definition) is 4. The largest absolute Gasteiger partial charge is 0.481 e. The highest BCUT2D eigenvalue weighted by molar-refractivity contribution is 5.98. The van der Waals surface area contributed by atoms with Gasteiger partial charge in [-0.2, -0.15) is 0 Å². The topological polar surface area (TPSA) is 83.9 Å². The van der Waals surface area contributed by atoms with E-state index in [1.54, 1.807) is 30.3 Å². The van der Waals surface area contributed by atoms with Gasteiger partial charge in [0.05, 0.1) is 18.4 Å². The predicted octanol–water partition coefficient (Wildman–Crippen LogP) is 2.84. The Morgan fingerprint density at radius 3 is 2.31 bits per heavy atom. The van der Waals surface area contributed by atoms with Crippen LogP contribution in [0.4, 0.5) is 4.79 Å².